The van der Waals surface area contributed by atoms with E-state index in [0.717, 1.165) is 42.6 Å². The Morgan fingerprint density at radius 1 is 1.19 bits per heavy atom. The van der Waals surface area contributed by atoms with Crippen LogP contribution in [0.15, 0.2) is 52.4 Å². The highest BCUT2D eigenvalue weighted by atomic mass is 16.5. The number of fused-ring (bicyclic) bond motifs is 1. The molecule has 0 radical (unpaired) electrons. The predicted molar refractivity (Wildman–Crippen MR) is 122 cm³/mol. The summed E-state index contributed by atoms with van der Waals surface area (Å²) in [4.78, 5) is 18.1. The molecule has 0 spiro atoms. The molecule has 158 valence electrons. The molecule has 1 heterocycles. The molecule has 31 heavy (non-hydrogen) atoms. The van der Waals surface area contributed by atoms with Gasteiger partial charge in [-0.3, -0.25) is 4.79 Å². The molecule has 0 amide bonds. The summed E-state index contributed by atoms with van der Waals surface area (Å²) < 4.78 is 12.4. The molecule has 2 aromatic carbocycles. The molecule has 1 fully saturated rings. The van der Waals surface area contributed by atoms with Crippen molar-refractivity contribution >= 4 is 17.1 Å². The van der Waals surface area contributed by atoms with E-state index in [2.05, 4.69) is 11.0 Å². The summed E-state index contributed by atoms with van der Waals surface area (Å²) >= 11 is 0. The van der Waals surface area contributed by atoms with Crippen molar-refractivity contribution in [2.45, 2.75) is 38.0 Å². The van der Waals surface area contributed by atoms with Crippen LogP contribution in [0.25, 0.3) is 10.9 Å². The summed E-state index contributed by atoms with van der Waals surface area (Å²) in [5.41, 5.74) is 1.35. The van der Waals surface area contributed by atoms with Crippen LogP contribution in [0.2, 0.25) is 0 Å². The number of benzene rings is 2. The molecule has 1 aromatic heterocycles. The molecular formula is C25H25N3O3. The smallest absolute Gasteiger partial charge is 0.282 e. The average molecular weight is 415 g/mol. The standard InChI is InChI=1S/C25H25N3O3/c1-3-15-31-22-14-13-18(16-23(22)30-2)17-26-28-24(19-9-5-4-6-10-19)27-21-12-8-7-11-20(21)25(28)29/h1,7-8,11-14,16-17,19H,4-6,9-10,15H2,2H3. The van der Waals surface area contributed by atoms with Crippen molar-refractivity contribution < 1.29 is 9.47 Å². The van der Waals surface area contributed by atoms with Gasteiger partial charge in [-0.25, -0.2) is 4.98 Å². The van der Waals surface area contributed by atoms with Gasteiger partial charge in [0, 0.05) is 5.92 Å². The Morgan fingerprint density at radius 3 is 2.77 bits per heavy atom. The third-order valence-corrected chi connectivity index (χ3v) is 5.57. The first-order valence-electron chi connectivity index (χ1n) is 10.5. The third-order valence-electron chi connectivity index (χ3n) is 5.57. The van der Waals surface area contributed by atoms with E-state index in [1.165, 1.54) is 11.1 Å². The molecule has 3 aromatic rings. The van der Waals surface area contributed by atoms with Gasteiger partial charge in [0.25, 0.3) is 5.56 Å². The zero-order valence-corrected chi connectivity index (χ0v) is 17.6. The highest BCUT2D eigenvalue weighted by molar-refractivity contribution is 5.81. The first-order valence-corrected chi connectivity index (χ1v) is 10.5. The van der Waals surface area contributed by atoms with Crippen LogP contribution in [0.1, 0.15) is 49.4 Å². The van der Waals surface area contributed by atoms with Crippen molar-refractivity contribution in [3.05, 3.63) is 64.2 Å². The van der Waals surface area contributed by atoms with Gasteiger partial charge in [0.05, 0.1) is 24.2 Å². The number of terminal acetylenes is 1. The van der Waals surface area contributed by atoms with Gasteiger partial charge in [-0.05, 0) is 48.7 Å². The van der Waals surface area contributed by atoms with E-state index in [0.29, 0.717) is 16.9 Å². The van der Waals surface area contributed by atoms with Gasteiger partial charge in [0.15, 0.2) is 11.5 Å². The van der Waals surface area contributed by atoms with E-state index in [9.17, 15) is 4.79 Å². The molecule has 0 unspecified atom stereocenters. The molecule has 0 aliphatic heterocycles. The molecule has 6 nitrogen and oxygen atoms in total. The Labute approximate surface area is 181 Å². The van der Waals surface area contributed by atoms with Gasteiger partial charge >= 0.3 is 0 Å². The van der Waals surface area contributed by atoms with Crippen LogP contribution in [-0.4, -0.2) is 29.6 Å². The second kappa shape index (κ2) is 9.48. The maximum Gasteiger partial charge on any atom is 0.282 e. The molecule has 1 saturated carbocycles. The van der Waals surface area contributed by atoms with E-state index >= 15 is 0 Å². The highest BCUT2D eigenvalue weighted by Crippen LogP contribution is 2.32. The largest absolute Gasteiger partial charge is 0.493 e. The van der Waals surface area contributed by atoms with Crippen molar-refractivity contribution in [1.82, 2.24) is 9.66 Å². The molecule has 0 N–H and O–H groups in total. The maximum atomic E-state index is 13.3. The Kier molecular flexibility index (Phi) is 6.32. The summed E-state index contributed by atoms with van der Waals surface area (Å²) in [5.74, 6) is 4.52. The molecular weight excluding hydrogens is 390 g/mol. The van der Waals surface area contributed by atoms with Gasteiger partial charge in [-0.1, -0.05) is 37.3 Å². The lowest BCUT2D eigenvalue weighted by Crippen LogP contribution is -2.25. The predicted octanol–water partition coefficient (Wildman–Crippen LogP) is 4.35. The normalized spacial score (nSPS) is 14.6. The molecule has 0 bridgehead atoms. The summed E-state index contributed by atoms with van der Waals surface area (Å²) in [6.45, 7) is 0.159. The lowest BCUT2D eigenvalue weighted by Gasteiger charge is -2.22. The molecule has 0 saturated heterocycles. The zero-order chi connectivity index (χ0) is 21.6. The first-order chi connectivity index (χ1) is 15.2. The van der Waals surface area contributed by atoms with Crippen molar-refractivity contribution in [3.63, 3.8) is 0 Å². The summed E-state index contributed by atoms with van der Waals surface area (Å²) in [7, 11) is 1.57. The highest BCUT2D eigenvalue weighted by Gasteiger charge is 2.22. The number of rotatable bonds is 6. The average Bonchev–Trinajstić information content (AvgIpc) is 2.82. The Balaban J connectivity index is 1.75. The first kappa shape index (κ1) is 20.7. The third kappa shape index (κ3) is 4.46. The summed E-state index contributed by atoms with van der Waals surface area (Å²) in [5, 5.41) is 5.12. The van der Waals surface area contributed by atoms with Crippen LogP contribution in [0.3, 0.4) is 0 Å². The number of ether oxygens (including phenoxy) is 2. The minimum atomic E-state index is -0.150. The van der Waals surface area contributed by atoms with Crippen molar-refractivity contribution in [3.8, 4) is 23.8 Å². The topological polar surface area (TPSA) is 65.7 Å². The van der Waals surface area contributed by atoms with Gasteiger partial charge < -0.3 is 9.47 Å². The van der Waals surface area contributed by atoms with Gasteiger partial charge in [-0.15, -0.1) is 6.42 Å². The van der Waals surface area contributed by atoms with Crippen LogP contribution >= 0.6 is 0 Å². The zero-order valence-electron chi connectivity index (χ0n) is 17.6. The summed E-state index contributed by atoms with van der Waals surface area (Å²) in [6.07, 6.45) is 12.5. The molecule has 0 atom stereocenters. The SMILES string of the molecule is C#CCOc1ccc(C=Nn2c(C3CCCCC3)nc3ccccc3c2=O)cc1OC. The fourth-order valence-corrected chi connectivity index (χ4v) is 4.01. The lowest BCUT2D eigenvalue weighted by atomic mass is 9.88. The van der Waals surface area contributed by atoms with Gasteiger partial charge in [-0.2, -0.15) is 9.78 Å². The van der Waals surface area contributed by atoms with E-state index in [-0.39, 0.29) is 18.1 Å². The second-order valence-corrected chi connectivity index (χ2v) is 7.59. The summed E-state index contributed by atoms with van der Waals surface area (Å²) in [6, 6.07) is 12.9. The lowest BCUT2D eigenvalue weighted by molar-refractivity contribution is 0.331. The monoisotopic (exact) mass is 415 g/mol. The minimum Gasteiger partial charge on any atom is -0.493 e. The van der Waals surface area contributed by atoms with Crippen LogP contribution < -0.4 is 15.0 Å². The van der Waals surface area contributed by atoms with Crippen LogP contribution in [-0.2, 0) is 0 Å². The molecule has 4 rings (SSSR count). The Morgan fingerprint density at radius 2 is 2.00 bits per heavy atom. The second-order valence-electron chi connectivity index (χ2n) is 7.59. The van der Waals surface area contributed by atoms with Crippen LogP contribution in [0, 0.1) is 12.3 Å². The Hall–Kier alpha value is -3.59. The van der Waals surface area contributed by atoms with Crippen LogP contribution in [0.5, 0.6) is 11.5 Å². The van der Waals surface area contributed by atoms with Gasteiger partial charge in [0.1, 0.15) is 12.4 Å². The number of methoxy groups -OCH3 is 1. The van der Waals surface area contributed by atoms with E-state index in [1.807, 2.05) is 24.3 Å². The van der Waals surface area contributed by atoms with E-state index < -0.39 is 0 Å². The minimum absolute atomic E-state index is 0.150. The Bertz CT molecular complexity index is 1200. The quantitative estimate of drug-likeness (QED) is 0.444. The molecule has 1 aliphatic rings. The fourth-order valence-electron chi connectivity index (χ4n) is 4.01. The molecule has 1 aliphatic carbocycles. The number of hydrogen-bond acceptors (Lipinski definition) is 5. The fraction of sp³-hybridized carbons (Fsp3) is 0.320. The van der Waals surface area contributed by atoms with E-state index in [4.69, 9.17) is 20.9 Å². The van der Waals surface area contributed by atoms with Crippen molar-refractivity contribution in [1.29, 1.82) is 0 Å². The number of hydrogen-bond donors (Lipinski definition) is 0. The van der Waals surface area contributed by atoms with Crippen molar-refractivity contribution in [2.24, 2.45) is 5.10 Å². The number of nitrogens with zero attached hydrogens (tertiary/aromatic N) is 3. The van der Waals surface area contributed by atoms with Crippen molar-refractivity contribution in [2.75, 3.05) is 13.7 Å². The van der Waals surface area contributed by atoms with Crippen LogP contribution in [0.4, 0.5) is 0 Å². The van der Waals surface area contributed by atoms with E-state index in [1.54, 1.807) is 31.5 Å². The number of aromatic nitrogens is 2. The van der Waals surface area contributed by atoms with Gasteiger partial charge in [0.2, 0.25) is 0 Å². The molecule has 6 heteroatoms. The number of para-hydroxylation sites is 1. The maximum absolute atomic E-state index is 13.3.